The number of carbonyl (C=O) groups is 2. The monoisotopic (exact) mass is 489 g/mol. The molecule has 2 aromatic carbocycles. The average molecular weight is 490 g/mol. The summed E-state index contributed by atoms with van der Waals surface area (Å²) in [5.74, 6) is -1.32. The van der Waals surface area contributed by atoms with Crippen molar-refractivity contribution in [3.05, 3.63) is 71.7 Å². The van der Waals surface area contributed by atoms with E-state index in [-0.39, 0.29) is 24.4 Å². The van der Waals surface area contributed by atoms with E-state index >= 15 is 0 Å². The second-order valence-electron chi connectivity index (χ2n) is 7.87. The third-order valence-corrected chi connectivity index (χ3v) is 5.93. The molecule has 9 nitrogen and oxygen atoms in total. The molecule has 11 heteroatoms. The van der Waals surface area contributed by atoms with Crippen LogP contribution in [-0.4, -0.2) is 44.3 Å². The molecule has 3 rings (SSSR count). The number of fused-ring (bicyclic) bond motifs is 1. The van der Waals surface area contributed by atoms with Crippen LogP contribution in [0.15, 0.2) is 54.7 Å². The lowest BCUT2D eigenvalue weighted by molar-refractivity contribution is -0.123. The summed E-state index contributed by atoms with van der Waals surface area (Å²) in [6.07, 6.45) is 3.70. The van der Waals surface area contributed by atoms with Crippen LogP contribution in [0.2, 0.25) is 0 Å². The van der Waals surface area contributed by atoms with Crippen LogP contribution >= 0.6 is 0 Å². The van der Waals surface area contributed by atoms with Gasteiger partial charge in [0.25, 0.3) is 16.1 Å². The van der Waals surface area contributed by atoms with Crippen molar-refractivity contribution >= 4 is 32.9 Å². The molecule has 3 aromatic rings. The number of hydrogen-bond donors (Lipinski definition) is 5. The van der Waals surface area contributed by atoms with Gasteiger partial charge in [0.2, 0.25) is 5.91 Å². The van der Waals surface area contributed by atoms with Gasteiger partial charge in [-0.05, 0) is 61.6 Å². The predicted molar refractivity (Wildman–Crippen MR) is 128 cm³/mol. The molecule has 0 aliphatic rings. The Labute approximate surface area is 197 Å². The second kappa shape index (κ2) is 11.7. The van der Waals surface area contributed by atoms with Gasteiger partial charge >= 0.3 is 0 Å². The minimum absolute atomic E-state index is 0.125. The summed E-state index contributed by atoms with van der Waals surface area (Å²) in [6.45, 7) is 0.496. The molecule has 1 aromatic heterocycles. The molecule has 0 aliphatic carbocycles. The Morgan fingerprint density at radius 1 is 1.03 bits per heavy atom. The standard InChI is InChI=1S/C23H28FN5O4S/c24-18-10-8-16(9-11-18)22(30)29-21(7-3-4-13-28-34(25,32)33)23(31)26-14-12-17-15-27-20-6-2-1-5-19(17)20/h1-2,5-6,8-11,15,21,27-28H,3-4,7,12-14H2,(H,26,31)(H,29,30)(H2,25,32,33)/t21-/m0/s1. The number of H-pyrrole nitrogens is 1. The number of aromatic amines is 1. The summed E-state index contributed by atoms with van der Waals surface area (Å²) in [4.78, 5) is 28.6. The molecule has 0 aliphatic heterocycles. The molecule has 0 unspecified atom stereocenters. The van der Waals surface area contributed by atoms with Crippen LogP contribution < -0.4 is 20.5 Å². The molecule has 0 saturated carbocycles. The van der Waals surface area contributed by atoms with Gasteiger partial charge in [0.15, 0.2) is 0 Å². The highest BCUT2D eigenvalue weighted by Gasteiger charge is 2.21. The molecule has 6 N–H and O–H groups in total. The largest absolute Gasteiger partial charge is 0.361 e. The first-order valence-corrected chi connectivity index (χ1v) is 12.4. The number of aromatic nitrogens is 1. The van der Waals surface area contributed by atoms with Crippen molar-refractivity contribution in [2.24, 2.45) is 5.14 Å². The Morgan fingerprint density at radius 3 is 2.50 bits per heavy atom. The molecule has 1 heterocycles. The highest BCUT2D eigenvalue weighted by Crippen LogP contribution is 2.17. The van der Waals surface area contributed by atoms with Gasteiger partial charge in [-0.25, -0.2) is 14.3 Å². The molecule has 0 fully saturated rings. The summed E-state index contributed by atoms with van der Waals surface area (Å²) >= 11 is 0. The molecule has 0 bridgehead atoms. The molecule has 182 valence electrons. The number of nitrogens with two attached hydrogens (primary N) is 1. The zero-order valence-corrected chi connectivity index (χ0v) is 19.3. The van der Waals surface area contributed by atoms with E-state index < -0.39 is 28.0 Å². The van der Waals surface area contributed by atoms with E-state index in [1.165, 1.54) is 24.3 Å². The maximum Gasteiger partial charge on any atom is 0.274 e. The summed E-state index contributed by atoms with van der Waals surface area (Å²) in [7, 11) is -3.78. The Bertz CT molecular complexity index is 1230. The van der Waals surface area contributed by atoms with E-state index in [2.05, 4.69) is 20.3 Å². The first-order valence-electron chi connectivity index (χ1n) is 10.9. The molecule has 1 atom stereocenters. The van der Waals surface area contributed by atoms with Gasteiger partial charge in [-0.2, -0.15) is 8.42 Å². The molecule has 2 amide bonds. The lowest BCUT2D eigenvalue weighted by atomic mass is 10.1. The highest BCUT2D eigenvalue weighted by molar-refractivity contribution is 7.87. The summed E-state index contributed by atoms with van der Waals surface area (Å²) < 4.78 is 37.3. The van der Waals surface area contributed by atoms with Crippen LogP contribution in [-0.2, 0) is 21.4 Å². The van der Waals surface area contributed by atoms with Crippen LogP contribution in [0.1, 0.15) is 35.2 Å². The Balaban J connectivity index is 1.57. The van der Waals surface area contributed by atoms with Gasteiger partial charge in [0.05, 0.1) is 0 Å². The molecule has 0 spiro atoms. The fourth-order valence-corrected chi connectivity index (χ4v) is 4.01. The number of rotatable bonds is 12. The van der Waals surface area contributed by atoms with E-state index in [0.717, 1.165) is 16.5 Å². The van der Waals surface area contributed by atoms with Gasteiger partial charge < -0.3 is 15.6 Å². The van der Waals surface area contributed by atoms with E-state index in [9.17, 15) is 22.4 Å². The van der Waals surface area contributed by atoms with Crippen molar-refractivity contribution in [1.82, 2.24) is 20.3 Å². The van der Waals surface area contributed by atoms with Gasteiger partial charge in [-0.1, -0.05) is 18.2 Å². The fourth-order valence-electron chi connectivity index (χ4n) is 3.58. The minimum atomic E-state index is -3.78. The van der Waals surface area contributed by atoms with E-state index in [1.54, 1.807) is 0 Å². The van der Waals surface area contributed by atoms with Gasteiger partial charge in [0, 0.05) is 35.8 Å². The number of carbonyl (C=O) groups excluding carboxylic acids is 2. The number of hydrogen-bond acceptors (Lipinski definition) is 4. The van der Waals surface area contributed by atoms with Crippen LogP contribution in [0, 0.1) is 5.82 Å². The van der Waals surface area contributed by atoms with Crippen molar-refractivity contribution in [2.75, 3.05) is 13.1 Å². The van der Waals surface area contributed by atoms with E-state index in [4.69, 9.17) is 5.14 Å². The zero-order chi connectivity index (χ0) is 24.6. The Morgan fingerprint density at radius 2 is 1.76 bits per heavy atom. The quantitative estimate of drug-likeness (QED) is 0.247. The third kappa shape index (κ3) is 7.65. The minimum Gasteiger partial charge on any atom is -0.361 e. The topological polar surface area (TPSA) is 146 Å². The first-order chi connectivity index (χ1) is 16.2. The van der Waals surface area contributed by atoms with Crippen molar-refractivity contribution < 1.29 is 22.4 Å². The lowest BCUT2D eigenvalue weighted by Gasteiger charge is -2.19. The molecule has 34 heavy (non-hydrogen) atoms. The predicted octanol–water partition coefficient (Wildman–Crippen LogP) is 1.73. The second-order valence-corrected chi connectivity index (χ2v) is 9.25. The van der Waals surface area contributed by atoms with Crippen LogP contribution in [0.3, 0.4) is 0 Å². The number of nitrogens with one attached hydrogen (secondary N) is 4. The number of benzene rings is 2. The number of unbranched alkanes of at least 4 members (excludes halogenated alkanes) is 1. The summed E-state index contributed by atoms with van der Waals surface area (Å²) in [6, 6.07) is 12.1. The smallest absolute Gasteiger partial charge is 0.274 e. The van der Waals surface area contributed by atoms with Crippen LogP contribution in [0.5, 0.6) is 0 Å². The van der Waals surface area contributed by atoms with Crippen LogP contribution in [0.4, 0.5) is 4.39 Å². The lowest BCUT2D eigenvalue weighted by Crippen LogP contribution is -2.47. The van der Waals surface area contributed by atoms with Gasteiger partial charge in [-0.3, -0.25) is 9.59 Å². The van der Waals surface area contributed by atoms with E-state index in [0.29, 0.717) is 25.8 Å². The number of amides is 2. The first kappa shape index (κ1) is 25.3. The average Bonchev–Trinajstić information content (AvgIpc) is 3.20. The highest BCUT2D eigenvalue weighted by atomic mass is 32.2. The fraction of sp³-hybridized carbons (Fsp3) is 0.304. The van der Waals surface area contributed by atoms with Gasteiger partial charge in [-0.15, -0.1) is 0 Å². The Hall–Kier alpha value is -3.28. The molecule has 0 saturated heterocycles. The van der Waals surface area contributed by atoms with Gasteiger partial charge in [0.1, 0.15) is 11.9 Å². The number of para-hydroxylation sites is 1. The normalized spacial score (nSPS) is 12.4. The van der Waals surface area contributed by atoms with Crippen molar-refractivity contribution in [3.8, 4) is 0 Å². The van der Waals surface area contributed by atoms with Crippen molar-refractivity contribution in [2.45, 2.75) is 31.7 Å². The van der Waals surface area contributed by atoms with Crippen LogP contribution in [0.25, 0.3) is 10.9 Å². The maximum atomic E-state index is 13.2. The third-order valence-electron chi connectivity index (χ3n) is 5.32. The molecular formula is C23H28FN5O4S. The molecular weight excluding hydrogens is 461 g/mol. The number of halogens is 1. The SMILES string of the molecule is NS(=O)(=O)NCCCC[C@H](NC(=O)c1ccc(F)cc1)C(=O)NCCc1c[nH]c2ccccc12. The summed E-state index contributed by atoms with van der Waals surface area (Å²) in [5.41, 5.74) is 2.31. The Kier molecular flexibility index (Phi) is 8.74. The summed E-state index contributed by atoms with van der Waals surface area (Å²) in [5, 5.41) is 11.5. The zero-order valence-electron chi connectivity index (χ0n) is 18.5. The van der Waals surface area contributed by atoms with Crippen molar-refractivity contribution in [3.63, 3.8) is 0 Å². The molecule has 0 radical (unpaired) electrons. The van der Waals surface area contributed by atoms with Crippen molar-refractivity contribution in [1.29, 1.82) is 0 Å². The van der Waals surface area contributed by atoms with E-state index in [1.807, 2.05) is 30.5 Å². The maximum absolute atomic E-state index is 13.2.